The molecule has 0 aliphatic rings. The Bertz CT molecular complexity index is 1140. The van der Waals surface area contributed by atoms with Gasteiger partial charge in [-0.15, -0.1) is 10.2 Å². The molecule has 0 saturated carbocycles. The number of aromatic nitrogens is 3. The van der Waals surface area contributed by atoms with Crippen molar-refractivity contribution >= 4 is 17.7 Å². The maximum absolute atomic E-state index is 12.1. The van der Waals surface area contributed by atoms with Gasteiger partial charge >= 0.3 is 0 Å². The van der Waals surface area contributed by atoms with E-state index >= 15 is 0 Å². The van der Waals surface area contributed by atoms with E-state index < -0.39 is 0 Å². The van der Waals surface area contributed by atoms with Crippen molar-refractivity contribution < 1.29 is 9.21 Å². The van der Waals surface area contributed by atoms with Crippen LogP contribution in [0.25, 0.3) is 5.69 Å². The number of hydrogen-bond acceptors (Lipinski definition) is 5. The van der Waals surface area contributed by atoms with Crippen LogP contribution in [0, 0.1) is 6.92 Å². The van der Waals surface area contributed by atoms with E-state index in [1.807, 2.05) is 30.3 Å². The van der Waals surface area contributed by atoms with Crippen molar-refractivity contribution in [2.75, 3.05) is 5.75 Å². The summed E-state index contributed by atoms with van der Waals surface area (Å²) in [4.78, 5) is 12.1. The smallest absolute Gasteiger partial charge is 0.220 e. The Labute approximate surface area is 192 Å². The number of carbonyl (C=O) groups is 1. The van der Waals surface area contributed by atoms with Gasteiger partial charge in [0.1, 0.15) is 11.6 Å². The quantitative estimate of drug-likeness (QED) is 0.276. The van der Waals surface area contributed by atoms with Gasteiger partial charge in [-0.05, 0) is 48.7 Å². The van der Waals surface area contributed by atoms with E-state index in [1.54, 1.807) is 18.0 Å². The Morgan fingerprint density at radius 3 is 2.72 bits per heavy atom. The van der Waals surface area contributed by atoms with Crippen LogP contribution in [-0.4, -0.2) is 26.4 Å². The molecule has 6 nitrogen and oxygen atoms in total. The molecule has 0 spiro atoms. The second-order valence-electron chi connectivity index (χ2n) is 7.54. The minimum atomic E-state index is 0.0203. The predicted molar refractivity (Wildman–Crippen MR) is 126 cm³/mol. The topological polar surface area (TPSA) is 73.0 Å². The highest BCUT2D eigenvalue weighted by Gasteiger charge is 2.15. The van der Waals surface area contributed by atoms with E-state index in [1.165, 1.54) is 11.1 Å². The summed E-state index contributed by atoms with van der Waals surface area (Å²) in [5.74, 6) is 2.46. The van der Waals surface area contributed by atoms with Crippen LogP contribution in [0.2, 0.25) is 0 Å². The molecular formula is C25H26N4O2S. The molecular weight excluding hydrogens is 420 g/mol. The summed E-state index contributed by atoms with van der Waals surface area (Å²) in [5, 5.41) is 12.7. The Hall–Kier alpha value is -3.32. The number of nitrogens with one attached hydrogen (secondary N) is 1. The molecule has 7 heteroatoms. The fourth-order valence-corrected chi connectivity index (χ4v) is 4.31. The monoisotopic (exact) mass is 446 g/mol. The number of rotatable bonds is 10. The standard InChI is InChI=1S/C25H26N4O2S/c1-19-8-5-11-21(16-19)29-23(17-20-9-3-2-4-10-20)27-28-25(29)32-15-7-13-24(30)26-18-22-12-6-14-31-22/h2-6,8-12,14,16H,7,13,15,17-18H2,1H3,(H,26,30). The van der Waals surface area contributed by atoms with Gasteiger partial charge in [0.15, 0.2) is 5.16 Å². The molecule has 1 N–H and O–H groups in total. The summed E-state index contributed by atoms with van der Waals surface area (Å²) in [6, 6.07) is 22.3. The second kappa shape index (κ2) is 10.8. The Morgan fingerprint density at radius 2 is 1.94 bits per heavy atom. The van der Waals surface area contributed by atoms with Crippen LogP contribution in [-0.2, 0) is 17.8 Å². The minimum absolute atomic E-state index is 0.0203. The van der Waals surface area contributed by atoms with Crippen molar-refractivity contribution in [2.24, 2.45) is 0 Å². The first-order chi connectivity index (χ1) is 15.7. The van der Waals surface area contributed by atoms with Gasteiger partial charge in [-0.2, -0.15) is 0 Å². The average Bonchev–Trinajstić information content (AvgIpc) is 3.46. The highest BCUT2D eigenvalue weighted by atomic mass is 32.2. The molecule has 0 aliphatic heterocycles. The SMILES string of the molecule is Cc1cccc(-n2c(Cc3ccccc3)nnc2SCCCC(=O)NCc2ccco2)c1. The van der Waals surface area contributed by atoms with Crippen molar-refractivity contribution in [3.63, 3.8) is 0 Å². The highest BCUT2D eigenvalue weighted by molar-refractivity contribution is 7.99. The molecule has 32 heavy (non-hydrogen) atoms. The fourth-order valence-electron chi connectivity index (χ4n) is 3.40. The van der Waals surface area contributed by atoms with Crippen LogP contribution in [0.5, 0.6) is 0 Å². The van der Waals surface area contributed by atoms with Crippen LogP contribution in [0.3, 0.4) is 0 Å². The maximum atomic E-state index is 12.1. The van der Waals surface area contributed by atoms with Crippen molar-refractivity contribution in [2.45, 2.75) is 37.9 Å². The lowest BCUT2D eigenvalue weighted by Gasteiger charge is -2.11. The third kappa shape index (κ3) is 5.88. The van der Waals surface area contributed by atoms with Crippen LogP contribution in [0.15, 0.2) is 82.6 Å². The van der Waals surface area contributed by atoms with Crippen molar-refractivity contribution in [3.05, 3.63) is 95.7 Å². The summed E-state index contributed by atoms with van der Waals surface area (Å²) >= 11 is 1.63. The Morgan fingerprint density at radius 1 is 1.06 bits per heavy atom. The number of amides is 1. The summed E-state index contributed by atoms with van der Waals surface area (Å²) in [6.45, 7) is 2.50. The van der Waals surface area contributed by atoms with E-state index in [4.69, 9.17) is 4.42 Å². The molecule has 1 amide bonds. The van der Waals surface area contributed by atoms with Crippen molar-refractivity contribution in [3.8, 4) is 5.69 Å². The third-order valence-corrected chi connectivity index (χ3v) is 6.00. The molecule has 0 radical (unpaired) electrons. The van der Waals surface area contributed by atoms with Crippen LogP contribution >= 0.6 is 11.8 Å². The van der Waals surface area contributed by atoms with Gasteiger partial charge in [0.2, 0.25) is 5.91 Å². The van der Waals surface area contributed by atoms with Gasteiger partial charge in [0, 0.05) is 24.3 Å². The number of furan rings is 1. The maximum Gasteiger partial charge on any atom is 0.220 e. The molecule has 0 aliphatic carbocycles. The van der Waals surface area contributed by atoms with E-state index in [2.05, 4.69) is 63.4 Å². The lowest BCUT2D eigenvalue weighted by molar-refractivity contribution is -0.121. The zero-order valence-electron chi connectivity index (χ0n) is 18.0. The van der Waals surface area contributed by atoms with Crippen LogP contribution in [0.4, 0.5) is 0 Å². The van der Waals surface area contributed by atoms with Crippen molar-refractivity contribution in [1.82, 2.24) is 20.1 Å². The first-order valence-corrected chi connectivity index (χ1v) is 11.6. The normalized spacial score (nSPS) is 10.9. The number of carbonyl (C=O) groups excluding carboxylic acids is 1. The highest BCUT2D eigenvalue weighted by Crippen LogP contribution is 2.25. The number of hydrogen-bond donors (Lipinski definition) is 1. The first-order valence-electron chi connectivity index (χ1n) is 10.7. The Kier molecular flexibility index (Phi) is 7.40. The average molecular weight is 447 g/mol. The molecule has 2 aromatic carbocycles. The zero-order chi connectivity index (χ0) is 22.2. The van der Waals surface area contributed by atoms with E-state index in [-0.39, 0.29) is 5.91 Å². The van der Waals surface area contributed by atoms with E-state index in [9.17, 15) is 4.79 Å². The molecule has 0 unspecified atom stereocenters. The second-order valence-corrected chi connectivity index (χ2v) is 8.61. The molecule has 0 bridgehead atoms. The molecule has 4 aromatic rings. The molecule has 2 aromatic heterocycles. The number of nitrogens with zero attached hydrogens (tertiary/aromatic N) is 3. The molecule has 0 saturated heterocycles. The Balaban J connectivity index is 1.39. The lowest BCUT2D eigenvalue weighted by Crippen LogP contribution is -2.22. The summed E-state index contributed by atoms with van der Waals surface area (Å²) in [7, 11) is 0. The molecule has 0 atom stereocenters. The van der Waals surface area contributed by atoms with Crippen LogP contribution in [0.1, 0.15) is 35.6 Å². The number of aryl methyl sites for hydroxylation is 1. The van der Waals surface area contributed by atoms with Gasteiger partial charge in [-0.25, -0.2) is 0 Å². The minimum Gasteiger partial charge on any atom is -0.467 e. The van der Waals surface area contributed by atoms with Gasteiger partial charge in [0.05, 0.1) is 12.8 Å². The third-order valence-electron chi connectivity index (χ3n) is 4.98. The van der Waals surface area contributed by atoms with Gasteiger partial charge in [0.25, 0.3) is 0 Å². The van der Waals surface area contributed by atoms with Crippen LogP contribution < -0.4 is 5.32 Å². The lowest BCUT2D eigenvalue weighted by atomic mass is 10.1. The van der Waals surface area contributed by atoms with Gasteiger partial charge in [-0.3, -0.25) is 9.36 Å². The molecule has 2 heterocycles. The number of thioether (sulfide) groups is 1. The van der Waals surface area contributed by atoms with Gasteiger partial charge in [-0.1, -0.05) is 54.2 Å². The van der Waals surface area contributed by atoms with Gasteiger partial charge < -0.3 is 9.73 Å². The predicted octanol–water partition coefficient (Wildman–Crippen LogP) is 4.95. The molecule has 164 valence electrons. The molecule has 0 fully saturated rings. The first kappa shape index (κ1) is 21.9. The fraction of sp³-hybridized carbons (Fsp3) is 0.240. The zero-order valence-corrected chi connectivity index (χ0v) is 18.8. The summed E-state index contributed by atoms with van der Waals surface area (Å²) in [5.41, 5.74) is 3.43. The summed E-state index contributed by atoms with van der Waals surface area (Å²) in [6.07, 6.45) is 3.53. The molecule has 4 rings (SSSR count). The largest absolute Gasteiger partial charge is 0.467 e. The van der Waals surface area contributed by atoms with E-state index in [0.29, 0.717) is 19.4 Å². The number of benzene rings is 2. The van der Waals surface area contributed by atoms with E-state index in [0.717, 1.165) is 34.6 Å². The van der Waals surface area contributed by atoms with Crippen molar-refractivity contribution in [1.29, 1.82) is 0 Å². The summed E-state index contributed by atoms with van der Waals surface area (Å²) < 4.78 is 7.37.